The van der Waals surface area contributed by atoms with Gasteiger partial charge >= 0.3 is 0 Å². The quantitative estimate of drug-likeness (QED) is 0.812. The molecule has 0 saturated carbocycles. The summed E-state index contributed by atoms with van der Waals surface area (Å²) >= 11 is 0. The van der Waals surface area contributed by atoms with Gasteiger partial charge in [-0.3, -0.25) is 0 Å². The van der Waals surface area contributed by atoms with Gasteiger partial charge in [0.2, 0.25) is 10.0 Å². The second-order valence-corrected chi connectivity index (χ2v) is 9.22. The van der Waals surface area contributed by atoms with Crippen molar-refractivity contribution in [3.8, 4) is 5.75 Å². The highest BCUT2D eigenvalue weighted by molar-refractivity contribution is 7.89. The average molecular weight is 370 g/mol. The molecule has 2 aromatic carbocycles. The van der Waals surface area contributed by atoms with Crippen LogP contribution in [0.15, 0.2) is 59.5 Å². The normalized spacial score (nSPS) is 24.2. The number of allylic oxidation sites excluding steroid dienone is 2. The Hall–Kier alpha value is -2.31. The van der Waals surface area contributed by atoms with Crippen molar-refractivity contribution in [1.29, 1.82) is 0 Å². The number of sulfonamides is 1. The van der Waals surface area contributed by atoms with Crippen LogP contribution in [-0.2, 0) is 10.0 Å². The van der Waals surface area contributed by atoms with Crippen LogP contribution >= 0.6 is 0 Å². The van der Waals surface area contributed by atoms with Crippen LogP contribution < -0.4 is 5.32 Å². The minimum atomic E-state index is -3.47. The second-order valence-electron chi connectivity index (χ2n) is 7.07. The summed E-state index contributed by atoms with van der Waals surface area (Å²) in [7, 11) is -0.388. The van der Waals surface area contributed by atoms with Crippen molar-refractivity contribution in [3.05, 3.63) is 65.7 Å². The molecule has 3 atom stereocenters. The van der Waals surface area contributed by atoms with Crippen molar-refractivity contribution in [2.45, 2.75) is 23.3 Å². The maximum Gasteiger partial charge on any atom is 0.242 e. The number of hydrogen-bond acceptors (Lipinski definition) is 4. The van der Waals surface area contributed by atoms with E-state index in [-0.39, 0.29) is 23.6 Å². The molecule has 3 unspecified atom stereocenters. The minimum Gasteiger partial charge on any atom is -0.508 e. The average Bonchev–Trinajstić information content (AvgIpc) is 3.11. The molecule has 0 saturated heterocycles. The molecule has 1 heterocycles. The lowest BCUT2D eigenvalue weighted by molar-refractivity contribution is 0.402. The molecule has 0 bridgehead atoms. The molecule has 2 N–H and O–H groups in total. The van der Waals surface area contributed by atoms with Gasteiger partial charge in [-0.25, -0.2) is 12.7 Å². The highest BCUT2D eigenvalue weighted by atomic mass is 32.2. The number of anilines is 1. The molecule has 0 radical (unpaired) electrons. The molecule has 2 aliphatic rings. The van der Waals surface area contributed by atoms with Gasteiger partial charge in [0.05, 0.1) is 10.9 Å². The van der Waals surface area contributed by atoms with E-state index in [0.29, 0.717) is 4.90 Å². The Kier molecular flexibility index (Phi) is 4.04. The third-order valence-electron chi connectivity index (χ3n) is 5.38. The molecule has 1 aliphatic heterocycles. The molecule has 0 amide bonds. The fourth-order valence-electron chi connectivity index (χ4n) is 4.00. The predicted octanol–water partition coefficient (Wildman–Crippen LogP) is 3.47. The summed E-state index contributed by atoms with van der Waals surface area (Å²) in [5.41, 5.74) is 2.80. The van der Waals surface area contributed by atoms with Gasteiger partial charge in [0, 0.05) is 31.3 Å². The first-order valence-corrected chi connectivity index (χ1v) is 10.1. The van der Waals surface area contributed by atoms with Crippen LogP contribution in [-0.4, -0.2) is 31.9 Å². The Labute approximate surface area is 154 Å². The number of para-hydroxylation sites is 1. The van der Waals surface area contributed by atoms with Crippen LogP contribution in [0.3, 0.4) is 0 Å². The molecule has 136 valence electrons. The van der Waals surface area contributed by atoms with Gasteiger partial charge in [0.15, 0.2) is 0 Å². The van der Waals surface area contributed by atoms with E-state index in [1.807, 2.05) is 24.3 Å². The molecule has 0 fully saturated rings. The zero-order valence-corrected chi connectivity index (χ0v) is 15.6. The lowest BCUT2D eigenvalue weighted by Gasteiger charge is -2.38. The molecule has 2 aromatic rings. The number of aromatic hydroxyl groups is 1. The number of nitrogens with zero attached hydrogens (tertiary/aromatic N) is 1. The van der Waals surface area contributed by atoms with E-state index in [1.54, 1.807) is 32.3 Å². The summed E-state index contributed by atoms with van der Waals surface area (Å²) in [6.45, 7) is 0. The van der Waals surface area contributed by atoms with E-state index in [4.69, 9.17) is 0 Å². The first-order valence-electron chi connectivity index (χ1n) is 8.67. The predicted molar refractivity (Wildman–Crippen MR) is 102 cm³/mol. The number of phenols is 1. The summed E-state index contributed by atoms with van der Waals surface area (Å²) in [6.07, 6.45) is 5.19. The molecular formula is C20H22N2O3S. The molecular weight excluding hydrogens is 348 g/mol. The van der Waals surface area contributed by atoms with Crippen LogP contribution in [0, 0.1) is 5.92 Å². The molecule has 0 spiro atoms. The van der Waals surface area contributed by atoms with E-state index in [0.717, 1.165) is 23.2 Å². The summed E-state index contributed by atoms with van der Waals surface area (Å²) in [6, 6.07) is 12.6. The molecule has 4 rings (SSSR count). The van der Waals surface area contributed by atoms with E-state index in [1.165, 1.54) is 4.31 Å². The van der Waals surface area contributed by atoms with Crippen molar-refractivity contribution >= 4 is 15.7 Å². The van der Waals surface area contributed by atoms with Crippen molar-refractivity contribution in [2.24, 2.45) is 5.92 Å². The van der Waals surface area contributed by atoms with Crippen molar-refractivity contribution < 1.29 is 13.5 Å². The first-order chi connectivity index (χ1) is 12.4. The van der Waals surface area contributed by atoms with Crippen molar-refractivity contribution in [3.63, 3.8) is 0 Å². The fourth-order valence-corrected chi connectivity index (χ4v) is 4.94. The third kappa shape index (κ3) is 2.61. The SMILES string of the molecule is CN(C)S(=O)(=O)c1ccc2c(c1)C1C=CCC1C(c1ccccc1O)N2. The highest BCUT2D eigenvalue weighted by Crippen LogP contribution is 2.51. The largest absolute Gasteiger partial charge is 0.508 e. The fraction of sp³-hybridized carbons (Fsp3) is 0.300. The highest BCUT2D eigenvalue weighted by Gasteiger charge is 2.39. The number of benzene rings is 2. The zero-order valence-electron chi connectivity index (χ0n) is 14.8. The van der Waals surface area contributed by atoms with Gasteiger partial charge in [0.25, 0.3) is 0 Å². The Bertz CT molecular complexity index is 982. The topological polar surface area (TPSA) is 69.6 Å². The second kappa shape index (κ2) is 6.14. The minimum absolute atomic E-state index is 0.0139. The number of phenolic OH excluding ortho intramolecular Hbond substituents is 1. The number of rotatable bonds is 3. The van der Waals surface area contributed by atoms with Crippen LogP contribution in [0.4, 0.5) is 5.69 Å². The zero-order chi connectivity index (χ0) is 18.5. The van der Waals surface area contributed by atoms with Gasteiger partial charge < -0.3 is 10.4 Å². The maximum atomic E-state index is 12.5. The molecule has 26 heavy (non-hydrogen) atoms. The summed E-state index contributed by atoms with van der Waals surface area (Å²) in [5, 5.41) is 13.8. The Morgan fingerprint density at radius 3 is 2.62 bits per heavy atom. The summed E-state index contributed by atoms with van der Waals surface area (Å²) in [5.74, 6) is 0.659. The number of hydrogen-bond donors (Lipinski definition) is 2. The maximum absolute atomic E-state index is 12.5. The van der Waals surface area contributed by atoms with Crippen LogP contribution in [0.2, 0.25) is 0 Å². The van der Waals surface area contributed by atoms with E-state index in [2.05, 4.69) is 17.5 Å². The Morgan fingerprint density at radius 2 is 1.88 bits per heavy atom. The van der Waals surface area contributed by atoms with Crippen molar-refractivity contribution in [1.82, 2.24) is 4.31 Å². The van der Waals surface area contributed by atoms with Gasteiger partial charge in [-0.15, -0.1) is 0 Å². The third-order valence-corrected chi connectivity index (χ3v) is 7.20. The van der Waals surface area contributed by atoms with Crippen LogP contribution in [0.5, 0.6) is 5.75 Å². The van der Waals surface area contributed by atoms with Gasteiger partial charge in [-0.05, 0) is 42.2 Å². The Morgan fingerprint density at radius 1 is 1.12 bits per heavy atom. The van der Waals surface area contributed by atoms with Gasteiger partial charge in [0.1, 0.15) is 5.75 Å². The molecule has 0 aromatic heterocycles. The van der Waals surface area contributed by atoms with E-state index in [9.17, 15) is 13.5 Å². The van der Waals surface area contributed by atoms with E-state index >= 15 is 0 Å². The molecule has 1 aliphatic carbocycles. The monoisotopic (exact) mass is 370 g/mol. The summed E-state index contributed by atoms with van der Waals surface area (Å²) in [4.78, 5) is 0.308. The van der Waals surface area contributed by atoms with Gasteiger partial charge in [-0.2, -0.15) is 0 Å². The standard InChI is InChI=1S/C20H22N2O3S/c1-22(2)26(24,25)13-10-11-18-17(12-13)14-7-5-8-15(14)20(21-18)16-6-3-4-9-19(16)23/h3-7,9-12,14-15,20-21,23H,8H2,1-2H3. The Balaban J connectivity index is 1.80. The smallest absolute Gasteiger partial charge is 0.242 e. The van der Waals surface area contributed by atoms with Crippen molar-refractivity contribution in [2.75, 3.05) is 19.4 Å². The number of nitrogens with one attached hydrogen (secondary N) is 1. The van der Waals surface area contributed by atoms with Gasteiger partial charge in [-0.1, -0.05) is 30.4 Å². The lowest BCUT2D eigenvalue weighted by atomic mass is 9.77. The lowest BCUT2D eigenvalue weighted by Crippen LogP contribution is -2.29. The molecule has 5 nitrogen and oxygen atoms in total. The van der Waals surface area contributed by atoms with Crippen LogP contribution in [0.1, 0.15) is 29.5 Å². The molecule has 6 heteroatoms. The summed E-state index contributed by atoms with van der Waals surface area (Å²) < 4.78 is 26.2. The van der Waals surface area contributed by atoms with E-state index < -0.39 is 10.0 Å². The first kappa shape index (κ1) is 17.1. The van der Waals surface area contributed by atoms with Crippen LogP contribution in [0.25, 0.3) is 0 Å². The number of fused-ring (bicyclic) bond motifs is 3.